The lowest BCUT2D eigenvalue weighted by Gasteiger charge is -2.11. The lowest BCUT2D eigenvalue weighted by molar-refractivity contribution is -0.113. The fourth-order valence-corrected chi connectivity index (χ4v) is 2.96. The summed E-state index contributed by atoms with van der Waals surface area (Å²) in [5.41, 5.74) is 0. The van der Waals surface area contributed by atoms with Crippen molar-refractivity contribution in [3.8, 4) is 0 Å². The summed E-state index contributed by atoms with van der Waals surface area (Å²) in [4.78, 5) is 21.4. The molecule has 0 aromatic carbocycles. The van der Waals surface area contributed by atoms with Gasteiger partial charge in [-0.2, -0.15) is 0 Å². The number of unbranched alkanes of at least 4 members (excludes halogenated alkanes) is 8. The number of rotatable bonds is 15. The standard InChI is InChI=1S/C17H30Cl2O2/c1-2-15(14-17(19)21)12-10-8-6-4-3-5-7-9-11-13-16(18)20/h15H,2-14H2,1H3. The van der Waals surface area contributed by atoms with Gasteiger partial charge in [0.05, 0.1) is 0 Å². The van der Waals surface area contributed by atoms with Crippen molar-refractivity contribution in [1.82, 2.24) is 0 Å². The van der Waals surface area contributed by atoms with Crippen molar-refractivity contribution >= 4 is 33.7 Å². The molecule has 0 amide bonds. The Labute approximate surface area is 140 Å². The van der Waals surface area contributed by atoms with Gasteiger partial charge in [-0.1, -0.05) is 64.7 Å². The van der Waals surface area contributed by atoms with Gasteiger partial charge in [0.1, 0.15) is 0 Å². The highest BCUT2D eigenvalue weighted by molar-refractivity contribution is 6.63. The van der Waals surface area contributed by atoms with Gasteiger partial charge in [0, 0.05) is 12.8 Å². The molecule has 0 aliphatic carbocycles. The predicted molar refractivity (Wildman–Crippen MR) is 90.9 cm³/mol. The van der Waals surface area contributed by atoms with E-state index >= 15 is 0 Å². The zero-order valence-corrected chi connectivity index (χ0v) is 14.9. The molecule has 0 saturated carbocycles. The van der Waals surface area contributed by atoms with Gasteiger partial charge in [-0.05, 0) is 42.0 Å². The molecule has 4 heteroatoms. The van der Waals surface area contributed by atoms with E-state index in [0.29, 0.717) is 18.8 Å². The number of hydrogen-bond acceptors (Lipinski definition) is 2. The van der Waals surface area contributed by atoms with Gasteiger partial charge in [-0.25, -0.2) is 0 Å². The van der Waals surface area contributed by atoms with Crippen LogP contribution in [-0.2, 0) is 9.59 Å². The summed E-state index contributed by atoms with van der Waals surface area (Å²) in [5, 5.41) is -0.408. The molecule has 0 aromatic rings. The van der Waals surface area contributed by atoms with Crippen molar-refractivity contribution in [3.05, 3.63) is 0 Å². The number of carbonyl (C=O) groups is 2. The Balaban J connectivity index is 3.25. The lowest BCUT2D eigenvalue weighted by Crippen LogP contribution is -2.03. The fourth-order valence-electron chi connectivity index (χ4n) is 2.61. The average molecular weight is 337 g/mol. The summed E-state index contributed by atoms with van der Waals surface area (Å²) < 4.78 is 0. The quantitative estimate of drug-likeness (QED) is 0.262. The van der Waals surface area contributed by atoms with E-state index in [0.717, 1.165) is 25.7 Å². The molecule has 0 N–H and O–H groups in total. The van der Waals surface area contributed by atoms with Crippen LogP contribution in [0.4, 0.5) is 0 Å². The van der Waals surface area contributed by atoms with Crippen molar-refractivity contribution in [3.63, 3.8) is 0 Å². The third-order valence-electron chi connectivity index (χ3n) is 4.01. The highest BCUT2D eigenvalue weighted by Gasteiger charge is 2.09. The molecule has 1 unspecified atom stereocenters. The largest absolute Gasteiger partial charge is 0.281 e. The van der Waals surface area contributed by atoms with Gasteiger partial charge in [0.25, 0.3) is 0 Å². The van der Waals surface area contributed by atoms with Crippen LogP contribution in [0.25, 0.3) is 0 Å². The van der Waals surface area contributed by atoms with E-state index in [4.69, 9.17) is 23.2 Å². The summed E-state index contributed by atoms with van der Waals surface area (Å²) >= 11 is 10.7. The molecular weight excluding hydrogens is 307 g/mol. The molecule has 0 radical (unpaired) electrons. The Kier molecular flexibility index (Phi) is 14.8. The molecule has 124 valence electrons. The minimum atomic E-state index is -0.212. The Morgan fingerprint density at radius 2 is 1.24 bits per heavy atom. The van der Waals surface area contributed by atoms with Crippen LogP contribution < -0.4 is 0 Å². The van der Waals surface area contributed by atoms with E-state index < -0.39 is 0 Å². The van der Waals surface area contributed by atoms with Crippen LogP contribution in [0, 0.1) is 5.92 Å². The summed E-state index contributed by atoms with van der Waals surface area (Å²) in [6, 6.07) is 0. The van der Waals surface area contributed by atoms with Crippen molar-refractivity contribution in [2.24, 2.45) is 5.92 Å². The first kappa shape index (κ1) is 20.9. The Morgan fingerprint density at radius 1 is 0.762 bits per heavy atom. The summed E-state index contributed by atoms with van der Waals surface area (Å²) in [7, 11) is 0. The smallest absolute Gasteiger partial charge is 0.221 e. The SMILES string of the molecule is CCC(CCCCCCCCCCCC(=O)Cl)CC(=O)Cl. The number of halogens is 2. The molecule has 0 rings (SSSR count). The minimum absolute atomic E-state index is 0.197. The van der Waals surface area contributed by atoms with Gasteiger partial charge in [0.15, 0.2) is 0 Å². The Hall–Kier alpha value is -0.0800. The van der Waals surface area contributed by atoms with Crippen LogP contribution in [0.1, 0.15) is 90.4 Å². The van der Waals surface area contributed by atoms with Crippen LogP contribution in [-0.4, -0.2) is 10.5 Å². The molecule has 0 spiro atoms. The van der Waals surface area contributed by atoms with Crippen LogP contribution in [0.3, 0.4) is 0 Å². The molecule has 0 bridgehead atoms. The molecule has 2 nitrogen and oxygen atoms in total. The van der Waals surface area contributed by atoms with Gasteiger partial charge < -0.3 is 0 Å². The van der Waals surface area contributed by atoms with Gasteiger partial charge in [-0.15, -0.1) is 0 Å². The van der Waals surface area contributed by atoms with E-state index in [-0.39, 0.29) is 10.5 Å². The first-order valence-corrected chi connectivity index (χ1v) is 9.18. The summed E-state index contributed by atoms with van der Waals surface area (Å²) in [6.07, 6.45) is 14.1. The van der Waals surface area contributed by atoms with E-state index in [1.165, 1.54) is 44.9 Å². The zero-order valence-electron chi connectivity index (χ0n) is 13.3. The second kappa shape index (κ2) is 14.8. The third kappa shape index (κ3) is 16.1. The predicted octanol–water partition coefficient (Wildman–Crippen LogP) is 6.22. The van der Waals surface area contributed by atoms with Gasteiger partial charge in [0.2, 0.25) is 10.5 Å². The van der Waals surface area contributed by atoms with Crippen molar-refractivity contribution in [1.29, 1.82) is 0 Å². The maximum Gasteiger partial charge on any atom is 0.221 e. The topological polar surface area (TPSA) is 34.1 Å². The van der Waals surface area contributed by atoms with E-state index in [1.807, 2.05) is 0 Å². The second-order valence-corrected chi connectivity index (χ2v) is 6.75. The average Bonchev–Trinajstić information content (AvgIpc) is 2.42. The van der Waals surface area contributed by atoms with Crippen LogP contribution >= 0.6 is 23.2 Å². The monoisotopic (exact) mass is 336 g/mol. The highest BCUT2D eigenvalue weighted by Crippen LogP contribution is 2.19. The first-order chi connectivity index (χ1) is 10.1. The van der Waals surface area contributed by atoms with Crippen molar-refractivity contribution in [2.45, 2.75) is 90.4 Å². The summed E-state index contributed by atoms with van der Waals surface area (Å²) in [6.45, 7) is 2.13. The minimum Gasteiger partial charge on any atom is -0.281 e. The normalized spacial score (nSPS) is 12.3. The van der Waals surface area contributed by atoms with Gasteiger partial charge in [-0.3, -0.25) is 9.59 Å². The Bertz CT molecular complexity index is 280. The van der Waals surface area contributed by atoms with Crippen LogP contribution in [0.5, 0.6) is 0 Å². The molecule has 21 heavy (non-hydrogen) atoms. The van der Waals surface area contributed by atoms with E-state index in [2.05, 4.69) is 6.92 Å². The number of hydrogen-bond donors (Lipinski definition) is 0. The van der Waals surface area contributed by atoms with E-state index in [9.17, 15) is 9.59 Å². The van der Waals surface area contributed by atoms with Gasteiger partial charge >= 0.3 is 0 Å². The third-order valence-corrected chi connectivity index (χ3v) is 4.36. The molecule has 0 saturated heterocycles. The van der Waals surface area contributed by atoms with Crippen molar-refractivity contribution < 1.29 is 9.59 Å². The molecule has 1 atom stereocenters. The van der Waals surface area contributed by atoms with Crippen molar-refractivity contribution in [2.75, 3.05) is 0 Å². The number of carbonyl (C=O) groups excluding carboxylic acids is 2. The molecule has 0 aliphatic rings. The maximum absolute atomic E-state index is 10.9. The zero-order chi connectivity index (χ0) is 15.9. The molecule has 0 fully saturated rings. The highest BCUT2D eigenvalue weighted by atomic mass is 35.5. The lowest BCUT2D eigenvalue weighted by atomic mass is 9.95. The maximum atomic E-state index is 10.9. The fraction of sp³-hybridized carbons (Fsp3) is 0.882. The second-order valence-electron chi connectivity index (χ2n) is 5.91. The van der Waals surface area contributed by atoms with E-state index in [1.54, 1.807) is 0 Å². The molecule has 0 heterocycles. The first-order valence-electron chi connectivity index (χ1n) is 8.43. The summed E-state index contributed by atoms with van der Waals surface area (Å²) in [5.74, 6) is 0.472. The molecule has 0 aromatic heterocycles. The van der Waals surface area contributed by atoms with Crippen LogP contribution in [0.15, 0.2) is 0 Å². The molecule has 0 aliphatic heterocycles. The molecular formula is C17H30Cl2O2. The van der Waals surface area contributed by atoms with Crippen LogP contribution in [0.2, 0.25) is 0 Å². The Morgan fingerprint density at radius 3 is 1.67 bits per heavy atom.